The molecular weight excluding hydrogens is 359 g/mol. The summed E-state index contributed by atoms with van der Waals surface area (Å²) in [6.07, 6.45) is 0.508. The van der Waals surface area contributed by atoms with Gasteiger partial charge in [0, 0.05) is 4.47 Å². The van der Waals surface area contributed by atoms with E-state index in [4.69, 9.17) is 22.2 Å². The summed E-state index contributed by atoms with van der Waals surface area (Å²) >= 11 is 9.66. The number of benzene rings is 2. The van der Waals surface area contributed by atoms with Crippen LogP contribution in [0, 0.1) is 5.82 Å². The Balaban J connectivity index is 2.27. The van der Waals surface area contributed by atoms with Crippen molar-refractivity contribution >= 4 is 27.5 Å². The molecule has 0 aliphatic rings. The van der Waals surface area contributed by atoms with Crippen molar-refractivity contribution in [1.82, 2.24) is 5.43 Å². The van der Waals surface area contributed by atoms with Gasteiger partial charge in [-0.25, -0.2) is 4.39 Å². The van der Waals surface area contributed by atoms with Gasteiger partial charge in [0.05, 0.1) is 18.2 Å². The van der Waals surface area contributed by atoms with Gasteiger partial charge in [0.25, 0.3) is 0 Å². The molecule has 1 unspecified atom stereocenters. The SMILES string of the molecule is COc1ccc(CC(NN)c2cccc(Br)c2Cl)cc1F. The zero-order valence-electron chi connectivity index (χ0n) is 11.4. The van der Waals surface area contributed by atoms with Crippen LogP contribution in [-0.4, -0.2) is 7.11 Å². The van der Waals surface area contributed by atoms with Crippen LogP contribution in [0.4, 0.5) is 4.39 Å². The van der Waals surface area contributed by atoms with Crippen molar-refractivity contribution in [2.75, 3.05) is 7.11 Å². The summed E-state index contributed by atoms with van der Waals surface area (Å²) in [6, 6.07) is 10.2. The van der Waals surface area contributed by atoms with Crippen molar-refractivity contribution in [1.29, 1.82) is 0 Å². The third-order valence-electron chi connectivity index (χ3n) is 3.21. The van der Waals surface area contributed by atoms with E-state index < -0.39 is 5.82 Å². The van der Waals surface area contributed by atoms with E-state index in [9.17, 15) is 4.39 Å². The number of nitrogens with two attached hydrogens (primary N) is 1. The monoisotopic (exact) mass is 372 g/mol. The van der Waals surface area contributed by atoms with Crippen molar-refractivity contribution in [2.24, 2.45) is 5.84 Å². The molecule has 0 aromatic heterocycles. The lowest BCUT2D eigenvalue weighted by Crippen LogP contribution is -2.29. The largest absolute Gasteiger partial charge is 0.494 e. The number of rotatable bonds is 5. The molecule has 112 valence electrons. The number of nitrogens with one attached hydrogen (secondary N) is 1. The summed E-state index contributed by atoms with van der Waals surface area (Å²) in [6.45, 7) is 0. The van der Waals surface area contributed by atoms with Crippen LogP contribution < -0.4 is 16.0 Å². The Bertz CT molecular complexity index is 639. The highest BCUT2D eigenvalue weighted by Crippen LogP contribution is 2.32. The van der Waals surface area contributed by atoms with Gasteiger partial charge in [-0.05, 0) is 51.7 Å². The summed E-state index contributed by atoms with van der Waals surface area (Å²) in [5.41, 5.74) is 4.37. The van der Waals surface area contributed by atoms with E-state index in [2.05, 4.69) is 21.4 Å². The second kappa shape index (κ2) is 7.22. The first-order chi connectivity index (χ1) is 10.1. The minimum atomic E-state index is -0.397. The Kier molecular flexibility index (Phi) is 5.58. The van der Waals surface area contributed by atoms with Crippen LogP contribution in [0.15, 0.2) is 40.9 Å². The highest BCUT2D eigenvalue weighted by atomic mass is 79.9. The van der Waals surface area contributed by atoms with E-state index in [1.54, 1.807) is 12.1 Å². The number of hydrogen-bond acceptors (Lipinski definition) is 3. The molecule has 21 heavy (non-hydrogen) atoms. The van der Waals surface area contributed by atoms with Gasteiger partial charge in [0.2, 0.25) is 0 Å². The van der Waals surface area contributed by atoms with Gasteiger partial charge >= 0.3 is 0 Å². The molecule has 0 aliphatic heterocycles. The molecule has 2 rings (SSSR count). The van der Waals surface area contributed by atoms with Gasteiger partial charge in [0.15, 0.2) is 11.6 Å². The maximum atomic E-state index is 13.7. The summed E-state index contributed by atoms with van der Waals surface area (Å²) in [5.74, 6) is 5.45. The van der Waals surface area contributed by atoms with Crippen LogP contribution in [-0.2, 0) is 6.42 Å². The predicted molar refractivity (Wildman–Crippen MR) is 85.9 cm³/mol. The minimum absolute atomic E-state index is 0.219. The first-order valence-corrected chi connectivity index (χ1v) is 7.46. The summed E-state index contributed by atoms with van der Waals surface area (Å²) in [7, 11) is 1.43. The highest BCUT2D eigenvalue weighted by Gasteiger charge is 2.16. The molecule has 0 heterocycles. The summed E-state index contributed by atoms with van der Waals surface area (Å²) in [4.78, 5) is 0. The number of halogens is 3. The predicted octanol–water partition coefficient (Wildman–Crippen LogP) is 4.00. The molecule has 0 spiro atoms. The molecule has 1 atom stereocenters. The maximum Gasteiger partial charge on any atom is 0.165 e. The zero-order valence-corrected chi connectivity index (χ0v) is 13.7. The lowest BCUT2D eigenvalue weighted by Gasteiger charge is -2.18. The van der Waals surface area contributed by atoms with Gasteiger partial charge in [0.1, 0.15) is 0 Å². The second-order valence-electron chi connectivity index (χ2n) is 4.54. The fourth-order valence-corrected chi connectivity index (χ4v) is 2.76. The lowest BCUT2D eigenvalue weighted by molar-refractivity contribution is 0.386. The van der Waals surface area contributed by atoms with Crippen LogP contribution >= 0.6 is 27.5 Å². The molecule has 2 aromatic carbocycles. The summed E-state index contributed by atoms with van der Waals surface area (Å²) < 4.78 is 19.4. The third kappa shape index (κ3) is 3.74. The fraction of sp³-hybridized carbons (Fsp3) is 0.200. The van der Waals surface area contributed by atoms with Gasteiger partial charge in [-0.1, -0.05) is 29.8 Å². The standard InChI is InChI=1S/C15H15BrClFN2O/c1-21-14-6-5-9(7-12(14)18)8-13(20-19)10-3-2-4-11(16)15(10)17/h2-7,13,20H,8,19H2,1H3. The molecule has 2 aromatic rings. The smallest absolute Gasteiger partial charge is 0.165 e. The molecule has 0 bridgehead atoms. The molecule has 0 fully saturated rings. The van der Waals surface area contributed by atoms with Crippen molar-refractivity contribution in [3.8, 4) is 5.75 Å². The number of hydrogen-bond donors (Lipinski definition) is 2. The number of ether oxygens (including phenoxy) is 1. The second-order valence-corrected chi connectivity index (χ2v) is 5.77. The van der Waals surface area contributed by atoms with Crippen LogP contribution in [0.3, 0.4) is 0 Å². The molecule has 0 saturated heterocycles. The quantitative estimate of drug-likeness (QED) is 0.615. The van der Waals surface area contributed by atoms with E-state index in [1.807, 2.05) is 18.2 Å². The van der Waals surface area contributed by atoms with Crippen molar-refractivity contribution in [2.45, 2.75) is 12.5 Å². The topological polar surface area (TPSA) is 47.3 Å². The van der Waals surface area contributed by atoms with Gasteiger partial charge < -0.3 is 4.74 Å². The minimum Gasteiger partial charge on any atom is -0.494 e. The normalized spacial score (nSPS) is 12.2. The van der Waals surface area contributed by atoms with Crippen molar-refractivity contribution in [3.63, 3.8) is 0 Å². The van der Waals surface area contributed by atoms with E-state index in [0.29, 0.717) is 11.4 Å². The molecule has 0 aliphatic carbocycles. The van der Waals surface area contributed by atoms with E-state index >= 15 is 0 Å². The van der Waals surface area contributed by atoms with Crippen LogP contribution in [0.1, 0.15) is 17.2 Å². The van der Waals surface area contributed by atoms with Crippen LogP contribution in [0.25, 0.3) is 0 Å². The Morgan fingerprint density at radius 3 is 2.76 bits per heavy atom. The zero-order chi connectivity index (χ0) is 15.4. The first-order valence-electron chi connectivity index (χ1n) is 6.29. The maximum absolute atomic E-state index is 13.7. The Morgan fingerprint density at radius 1 is 1.38 bits per heavy atom. The molecule has 6 heteroatoms. The number of methoxy groups -OCH3 is 1. The first kappa shape index (κ1) is 16.2. The molecule has 0 radical (unpaired) electrons. The Hall–Kier alpha value is -1.14. The molecule has 0 saturated carbocycles. The van der Waals surface area contributed by atoms with Crippen molar-refractivity contribution in [3.05, 3.63) is 62.8 Å². The van der Waals surface area contributed by atoms with E-state index in [1.165, 1.54) is 13.2 Å². The Labute approximate surface area is 136 Å². The highest BCUT2D eigenvalue weighted by molar-refractivity contribution is 9.10. The third-order valence-corrected chi connectivity index (χ3v) is 4.53. The van der Waals surface area contributed by atoms with E-state index in [-0.39, 0.29) is 11.8 Å². The van der Waals surface area contributed by atoms with Crippen molar-refractivity contribution < 1.29 is 9.13 Å². The molecule has 3 nitrogen and oxygen atoms in total. The fourth-order valence-electron chi connectivity index (χ4n) is 2.12. The molecular formula is C15H15BrClFN2O. The van der Waals surface area contributed by atoms with Gasteiger partial charge in [-0.3, -0.25) is 11.3 Å². The van der Waals surface area contributed by atoms with Crippen LogP contribution in [0.5, 0.6) is 5.75 Å². The summed E-state index contributed by atoms with van der Waals surface area (Å²) in [5, 5.41) is 0.592. The molecule has 3 N–H and O–H groups in total. The lowest BCUT2D eigenvalue weighted by atomic mass is 9.99. The average Bonchev–Trinajstić information content (AvgIpc) is 2.48. The van der Waals surface area contributed by atoms with Gasteiger partial charge in [-0.15, -0.1) is 0 Å². The van der Waals surface area contributed by atoms with E-state index in [0.717, 1.165) is 15.6 Å². The Morgan fingerprint density at radius 2 is 2.14 bits per heavy atom. The van der Waals surface area contributed by atoms with Gasteiger partial charge in [-0.2, -0.15) is 0 Å². The average molecular weight is 374 g/mol. The molecule has 0 amide bonds. The number of hydrazine groups is 1. The van der Waals surface area contributed by atoms with Crippen LogP contribution in [0.2, 0.25) is 5.02 Å².